The number of guanidine groups is 1. The SMILES string of the molecule is CC[C@H](C)[C@H](NC(=O)[C@H](CCCCN)NC(=O)[C@H](CCCN=C(N)N)NC(=O)[C@H](Cc1cnc[nH]1)NC(=O)[C@H](CCC(=O)O)NC(=O)[C@H](CCCCN)NC(=O)[C@@H](NC(=O)[C@@H](N)CO)C(C)C)C(=O)N[C@@H](Cc1ccc(O)cc1)C(=O)O. The molecule has 30 heteroatoms. The predicted molar refractivity (Wildman–Crippen MR) is 299 cm³/mol. The second-order valence-corrected chi connectivity index (χ2v) is 20.2. The summed E-state index contributed by atoms with van der Waals surface area (Å²) in [5, 5.41) is 59.4. The number of aliphatic imine (C=N–C) groups is 1. The fourth-order valence-corrected chi connectivity index (χ4v) is 8.17. The van der Waals surface area contributed by atoms with Gasteiger partial charge in [-0.1, -0.05) is 46.2 Å². The number of phenols is 1. The van der Waals surface area contributed by atoms with Crippen LogP contribution >= 0.6 is 0 Å². The molecule has 0 aliphatic rings. The first-order valence-corrected chi connectivity index (χ1v) is 27.3. The normalized spacial score (nSPS) is 14.8. The van der Waals surface area contributed by atoms with Crippen molar-refractivity contribution in [2.24, 2.45) is 45.5 Å². The Kier molecular flexibility index (Phi) is 31.8. The smallest absolute Gasteiger partial charge is 0.326 e. The van der Waals surface area contributed by atoms with Gasteiger partial charge in [0, 0.05) is 37.7 Å². The van der Waals surface area contributed by atoms with Crippen molar-refractivity contribution in [2.45, 2.75) is 166 Å². The summed E-state index contributed by atoms with van der Waals surface area (Å²) in [6, 6.07) is -7.01. The number of carbonyl (C=O) groups excluding carboxylic acids is 8. The lowest BCUT2D eigenvalue weighted by Gasteiger charge is -2.29. The van der Waals surface area contributed by atoms with Crippen LogP contribution < -0.4 is 71.2 Å². The number of nitrogens with two attached hydrogens (primary N) is 5. The van der Waals surface area contributed by atoms with E-state index in [1.54, 1.807) is 27.7 Å². The third kappa shape index (κ3) is 25.7. The largest absolute Gasteiger partial charge is 0.508 e. The predicted octanol–water partition coefficient (Wildman–Crippen LogP) is -3.94. The first-order valence-electron chi connectivity index (χ1n) is 27.3. The number of carboxylic acid groups (broad SMARTS) is 2. The molecule has 2 rings (SSSR count). The van der Waals surface area contributed by atoms with Crippen LogP contribution in [0.15, 0.2) is 41.8 Å². The molecule has 0 fully saturated rings. The summed E-state index contributed by atoms with van der Waals surface area (Å²) in [5.41, 5.74) is 29.0. The van der Waals surface area contributed by atoms with Gasteiger partial charge in [-0.3, -0.25) is 48.1 Å². The zero-order valence-electron chi connectivity index (χ0n) is 47.0. The number of hydrogen-bond donors (Lipinski definition) is 18. The lowest BCUT2D eigenvalue weighted by molar-refractivity contribution is -0.142. The molecule has 23 N–H and O–H groups in total. The van der Waals surface area contributed by atoms with E-state index in [2.05, 4.69) is 57.5 Å². The van der Waals surface area contributed by atoms with Gasteiger partial charge in [-0.15, -0.1) is 0 Å². The van der Waals surface area contributed by atoms with Crippen LogP contribution in [0.5, 0.6) is 5.75 Å². The maximum atomic E-state index is 14.5. The molecule has 82 heavy (non-hydrogen) atoms. The lowest BCUT2D eigenvalue weighted by atomic mass is 9.96. The molecule has 0 bridgehead atoms. The van der Waals surface area contributed by atoms with Crippen molar-refractivity contribution in [3.63, 3.8) is 0 Å². The van der Waals surface area contributed by atoms with E-state index in [0.717, 1.165) is 0 Å². The van der Waals surface area contributed by atoms with E-state index in [-0.39, 0.29) is 69.9 Å². The van der Waals surface area contributed by atoms with Crippen molar-refractivity contribution in [3.8, 4) is 5.75 Å². The van der Waals surface area contributed by atoms with E-state index in [0.29, 0.717) is 43.4 Å². The number of aliphatic hydroxyl groups excluding tert-OH is 1. The number of carboxylic acids is 2. The standard InChI is InChI=1S/C52H86N16O14/c1-5-29(4)42(50(80)66-39(51(81)82)23-30-14-16-32(70)17-15-30)68-47(77)35(12-7-9-21-54)61-45(75)36(13-10-22-59-52(56)57)62-48(78)38(24-31-25-58-27-60-31)65-46(76)37(18-19-40(71)72)63-44(74)34(11-6-8-20-53)64-49(79)41(28(2)3)67-43(73)33(55)26-69/h14-17,25,27-29,33-39,41-42,69-70H,5-13,18-24,26,53-55H2,1-4H3,(H,58,60)(H,61,75)(H,62,78)(H,63,74)(H,64,79)(H,65,76)(H,66,80)(H,67,73)(H,68,77)(H,71,72)(H,81,82)(H4,56,57,59)/t29-,33-,34-,35-,36-,37-,38-,39-,41-,42-/m0/s1. The van der Waals surface area contributed by atoms with Crippen molar-refractivity contribution >= 4 is 65.2 Å². The van der Waals surface area contributed by atoms with E-state index in [4.69, 9.17) is 28.7 Å². The van der Waals surface area contributed by atoms with Gasteiger partial charge in [0.25, 0.3) is 0 Å². The van der Waals surface area contributed by atoms with E-state index >= 15 is 0 Å². The molecule has 1 heterocycles. The number of phenolic OH excluding ortho intramolecular Hbond substituents is 1. The Balaban J connectivity index is 2.55. The number of aromatic nitrogens is 2. The highest BCUT2D eigenvalue weighted by Gasteiger charge is 2.37. The molecule has 30 nitrogen and oxygen atoms in total. The van der Waals surface area contributed by atoms with Crippen molar-refractivity contribution < 1.29 is 68.4 Å². The molecular formula is C52H86N16O14. The first kappa shape index (κ1) is 70.1. The van der Waals surface area contributed by atoms with Crippen LogP contribution in [0, 0.1) is 11.8 Å². The second kappa shape index (κ2) is 37.1. The highest BCUT2D eigenvalue weighted by atomic mass is 16.4. The molecule has 458 valence electrons. The van der Waals surface area contributed by atoms with E-state index in [1.165, 1.54) is 36.8 Å². The molecule has 0 radical (unpaired) electrons. The van der Waals surface area contributed by atoms with Gasteiger partial charge in [0.1, 0.15) is 60.1 Å². The number of unbranched alkanes of at least 4 members (excludes halogenated alkanes) is 2. The molecule has 0 saturated carbocycles. The number of aliphatic carboxylic acids is 2. The van der Waals surface area contributed by atoms with E-state index in [9.17, 15) is 68.4 Å². The van der Waals surface area contributed by atoms with Crippen LogP contribution in [0.1, 0.15) is 110 Å². The van der Waals surface area contributed by atoms with Crippen LogP contribution in [-0.2, 0) is 60.8 Å². The van der Waals surface area contributed by atoms with Crippen molar-refractivity contribution in [2.75, 3.05) is 26.2 Å². The van der Waals surface area contributed by atoms with Gasteiger partial charge < -0.3 is 96.6 Å². The van der Waals surface area contributed by atoms with Crippen LogP contribution in [0.4, 0.5) is 0 Å². The summed E-state index contributed by atoms with van der Waals surface area (Å²) in [7, 11) is 0. The number of aromatic amines is 1. The van der Waals surface area contributed by atoms with Crippen molar-refractivity contribution in [1.82, 2.24) is 52.5 Å². The van der Waals surface area contributed by atoms with Crippen LogP contribution in [0.25, 0.3) is 0 Å². The first-order chi connectivity index (χ1) is 38.8. The molecule has 1 aromatic heterocycles. The Bertz CT molecular complexity index is 2410. The number of hydrogen-bond acceptors (Lipinski definition) is 17. The maximum absolute atomic E-state index is 14.5. The Morgan fingerprint density at radius 1 is 0.598 bits per heavy atom. The number of aromatic hydroxyl groups is 1. The molecule has 0 saturated heterocycles. The summed E-state index contributed by atoms with van der Waals surface area (Å²) in [5.74, 6) is -11.3. The molecule has 1 aromatic carbocycles. The number of imidazole rings is 1. The average molecular weight is 1160 g/mol. The minimum absolute atomic E-state index is 0.00932. The number of nitrogens with one attached hydrogen (secondary N) is 9. The fraction of sp³-hybridized carbons (Fsp3) is 0.615. The molecule has 8 amide bonds. The summed E-state index contributed by atoms with van der Waals surface area (Å²) in [6.07, 6.45) is 2.70. The van der Waals surface area contributed by atoms with E-state index in [1.807, 2.05) is 0 Å². The summed E-state index contributed by atoms with van der Waals surface area (Å²) >= 11 is 0. The summed E-state index contributed by atoms with van der Waals surface area (Å²) in [6.45, 7) is 6.36. The number of aliphatic hydroxyl groups is 1. The average Bonchev–Trinajstić information content (AvgIpc) is 4.00. The van der Waals surface area contributed by atoms with Gasteiger partial charge in [0.05, 0.1) is 12.9 Å². The minimum Gasteiger partial charge on any atom is -0.508 e. The van der Waals surface area contributed by atoms with Crippen molar-refractivity contribution in [3.05, 3.63) is 48.0 Å². The van der Waals surface area contributed by atoms with Crippen LogP contribution in [0.2, 0.25) is 0 Å². The number of nitrogens with zero attached hydrogens (tertiary/aromatic N) is 2. The summed E-state index contributed by atoms with van der Waals surface area (Å²) in [4.78, 5) is 147. The lowest BCUT2D eigenvalue weighted by Crippen LogP contribution is -2.61. The number of benzene rings is 1. The highest BCUT2D eigenvalue weighted by molar-refractivity contribution is 5.98. The van der Waals surface area contributed by atoms with Crippen molar-refractivity contribution in [1.29, 1.82) is 0 Å². The van der Waals surface area contributed by atoms with Gasteiger partial charge in [0.2, 0.25) is 47.3 Å². The Hall–Kier alpha value is -7.96. The maximum Gasteiger partial charge on any atom is 0.326 e. The number of amides is 8. The molecule has 0 aliphatic heterocycles. The minimum atomic E-state index is -1.65. The zero-order chi connectivity index (χ0) is 61.5. The molecular weight excluding hydrogens is 1070 g/mol. The Morgan fingerprint density at radius 2 is 1.06 bits per heavy atom. The number of carbonyl (C=O) groups is 10. The van der Waals surface area contributed by atoms with Crippen LogP contribution in [-0.4, -0.2) is 176 Å². The van der Waals surface area contributed by atoms with Crippen LogP contribution in [0.3, 0.4) is 0 Å². The fourth-order valence-electron chi connectivity index (χ4n) is 8.17. The molecule has 0 aliphatic carbocycles. The van der Waals surface area contributed by atoms with Gasteiger partial charge in [-0.05, 0) is 100 Å². The monoisotopic (exact) mass is 1160 g/mol. The second-order valence-electron chi connectivity index (χ2n) is 20.2. The Labute approximate surface area is 475 Å². The van der Waals surface area contributed by atoms with Gasteiger partial charge >= 0.3 is 11.9 Å². The third-order valence-electron chi connectivity index (χ3n) is 13.2. The van der Waals surface area contributed by atoms with E-state index < -0.39 is 145 Å². The topological polar surface area (TPSA) is 519 Å². The van der Waals surface area contributed by atoms with Gasteiger partial charge in [-0.2, -0.15) is 0 Å². The summed E-state index contributed by atoms with van der Waals surface area (Å²) < 4.78 is 0. The zero-order valence-corrected chi connectivity index (χ0v) is 47.0. The Morgan fingerprint density at radius 3 is 1.52 bits per heavy atom. The molecule has 2 aromatic rings. The quantitative estimate of drug-likeness (QED) is 0.0172. The number of rotatable bonds is 40. The van der Waals surface area contributed by atoms with Gasteiger partial charge in [-0.25, -0.2) is 9.78 Å². The highest BCUT2D eigenvalue weighted by Crippen LogP contribution is 2.15. The number of H-pyrrole nitrogens is 1. The molecule has 0 spiro atoms. The van der Waals surface area contributed by atoms with Gasteiger partial charge in [0.15, 0.2) is 5.96 Å². The molecule has 10 atom stereocenters. The molecule has 0 unspecified atom stereocenters. The third-order valence-corrected chi connectivity index (χ3v) is 13.2.